The van der Waals surface area contributed by atoms with Crippen LogP contribution in [0.4, 0.5) is 0 Å². The van der Waals surface area contributed by atoms with Gasteiger partial charge in [0.25, 0.3) is 0 Å². The molecule has 0 aliphatic carbocycles. The molecule has 1 amide bonds. The van der Waals surface area contributed by atoms with Gasteiger partial charge in [-0.05, 0) is 43.8 Å². The summed E-state index contributed by atoms with van der Waals surface area (Å²) in [5, 5.41) is 19.4. The fourth-order valence-electron chi connectivity index (χ4n) is 2.29. The zero-order chi connectivity index (χ0) is 19.4. The quantitative estimate of drug-likeness (QED) is 0.454. The Kier molecular flexibility index (Phi) is 15.7. The first-order valence-corrected chi connectivity index (χ1v) is 8.98. The summed E-state index contributed by atoms with van der Waals surface area (Å²) in [6.45, 7) is 1.37. The molecular formula is C15H25Cl3N2O6. The van der Waals surface area contributed by atoms with Gasteiger partial charge in [-0.1, -0.05) is 7.43 Å². The topological polar surface area (TPSA) is 124 Å². The Labute approximate surface area is 167 Å². The number of hydrogen-bond acceptors (Lipinski definition) is 5. The van der Waals surface area contributed by atoms with E-state index in [0.717, 1.165) is 25.8 Å². The summed E-state index contributed by atoms with van der Waals surface area (Å²) < 4.78 is 0. The summed E-state index contributed by atoms with van der Waals surface area (Å²) in [6, 6.07) is -0.925. The third kappa shape index (κ3) is 10.8. The van der Waals surface area contributed by atoms with Crippen molar-refractivity contribution in [2.75, 3.05) is 24.8 Å². The fourth-order valence-corrected chi connectivity index (χ4v) is 2.45. The summed E-state index contributed by atoms with van der Waals surface area (Å²) >= 11 is 14.9. The molecule has 0 spiro atoms. The number of nitrogens with one attached hydrogen (secondary N) is 1. The van der Waals surface area contributed by atoms with E-state index in [2.05, 4.69) is 5.32 Å². The van der Waals surface area contributed by atoms with Crippen molar-refractivity contribution in [3.63, 3.8) is 0 Å². The summed E-state index contributed by atoms with van der Waals surface area (Å²) in [6.07, 6.45) is 3.07. The van der Waals surface area contributed by atoms with Crippen LogP contribution in [0.1, 0.15) is 33.1 Å². The predicted octanol–water partition coefficient (Wildman–Crippen LogP) is 1.75. The second-order valence-corrected chi connectivity index (χ2v) is 6.15. The molecule has 2 saturated heterocycles. The van der Waals surface area contributed by atoms with Crippen molar-refractivity contribution in [3.05, 3.63) is 0 Å². The van der Waals surface area contributed by atoms with Crippen LogP contribution in [0.25, 0.3) is 0 Å². The number of carboxylic acid groups (broad SMARTS) is 2. The highest BCUT2D eigenvalue weighted by Crippen LogP contribution is 2.17. The molecule has 0 bridgehead atoms. The lowest BCUT2D eigenvalue weighted by Crippen LogP contribution is -2.41. The molecule has 2 aliphatic rings. The molecule has 2 unspecified atom stereocenters. The Morgan fingerprint density at radius 1 is 1.00 bits per heavy atom. The Morgan fingerprint density at radius 3 is 1.88 bits per heavy atom. The van der Waals surface area contributed by atoms with Crippen molar-refractivity contribution in [1.82, 2.24) is 10.2 Å². The number of carboxylic acids is 2. The standard InChI is InChI=1S/C7H10ClNO3.C5H9NO2.C2H2Cl2O.CH4/c8-4-6(10)9-3-1-2-5(9)7(11)12;7-5(8)4-2-1-3-6-4;3-1-2(4)5;/h5H,1-4H2,(H,11,12);4,6H,1-3H2,(H,7,8);1H2;1H4. The number of rotatable bonds is 4. The normalized spacial score (nSPS) is 20.7. The van der Waals surface area contributed by atoms with Gasteiger partial charge in [-0.15, -0.1) is 23.2 Å². The Hall–Kier alpha value is -1.09. The van der Waals surface area contributed by atoms with Crippen molar-refractivity contribution < 1.29 is 29.4 Å². The van der Waals surface area contributed by atoms with Gasteiger partial charge in [0.15, 0.2) is 0 Å². The fraction of sp³-hybridized carbons (Fsp3) is 0.733. The highest BCUT2D eigenvalue weighted by Gasteiger charge is 2.33. The van der Waals surface area contributed by atoms with Gasteiger partial charge in [0.2, 0.25) is 11.1 Å². The number of halogens is 3. The molecule has 0 radical (unpaired) electrons. The summed E-state index contributed by atoms with van der Waals surface area (Å²) in [5.41, 5.74) is 0. The van der Waals surface area contributed by atoms with Gasteiger partial charge in [0.1, 0.15) is 18.0 Å². The molecule has 0 aromatic carbocycles. The molecule has 2 atom stereocenters. The first-order valence-electron chi connectivity index (χ1n) is 7.53. The van der Waals surface area contributed by atoms with Crippen LogP contribution in [0.2, 0.25) is 0 Å². The van der Waals surface area contributed by atoms with Gasteiger partial charge in [-0.3, -0.25) is 14.4 Å². The highest BCUT2D eigenvalue weighted by atomic mass is 35.5. The zero-order valence-electron chi connectivity index (χ0n) is 13.4. The van der Waals surface area contributed by atoms with Crippen LogP contribution in [0.3, 0.4) is 0 Å². The first kappa shape index (κ1) is 27.1. The van der Waals surface area contributed by atoms with Crippen LogP contribution in [-0.4, -0.2) is 75.1 Å². The van der Waals surface area contributed by atoms with E-state index in [0.29, 0.717) is 13.0 Å². The monoisotopic (exact) mass is 434 g/mol. The van der Waals surface area contributed by atoms with Gasteiger partial charge in [-0.25, -0.2) is 4.79 Å². The third-order valence-electron chi connectivity index (χ3n) is 3.44. The molecule has 11 heteroatoms. The minimum Gasteiger partial charge on any atom is -0.480 e. The van der Waals surface area contributed by atoms with E-state index in [9.17, 15) is 19.2 Å². The molecular weight excluding hydrogens is 411 g/mol. The maximum Gasteiger partial charge on any atom is 0.326 e. The van der Waals surface area contributed by atoms with Crippen LogP contribution in [0, 0.1) is 0 Å². The third-order valence-corrected chi connectivity index (χ3v) is 4.18. The molecule has 0 aromatic rings. The number of alkyl halides is 2. The van der Waals surface area contributed by atoms with Crippen LogP contribution in [0.5, 0.6) is 0 Å². The number of nitrogens with zero attached hydrogens (tertiary/aromatic N) is 1. The van der Waals surface area contributed by atoms with Gasteiger partial charge in [0, 0.05) is 6.54 Å². The summed E-state index contributed by atoms with van der Waals surface area (Å²) in [7, 11) is 0. The molecule has 26 heavy (non-hydrogen) atoms. The average molecular weight is 436 g/mol. The van der Waals surface area contributed by atoms with E-state index in [1.807, 2.05) is 0 Å². The van der Waals surface area contributed by atoms with E-state index >= 15 is 0 Å². The molecule has 8 nitrogen and oxygen atoms in total. The Balaban J connectivity index is 0. The maximum absolute atomic E-state index is 11.1. The number of carbonyl (C=O) groups is 4. The van der Waals surface area contributed by atoms with E-state index in [-0.39, 0.29) is 31.1 Å². The molecule has 152 valence electrons. The van der Waals surface area contributed by atoms with Crippen molar-refractivity contribution in [2.45, 2.75) is 45.2 Å². The van der Waals surface area contributed by atoms with Crippen LogP contribution in [-0.2, 0) is 19.2 Å². The predicted molar refractivity (Wildman–Crippen MR) is 100 cm³/mol. The molecule has 0 saturated carbocycles. The van der Waals surface area contributed by atoms with Crippen molar-refractivity contribution in [1.29, 1.82) is 0 Å². The largest absolute Gasteiger partial charge is 0.480 e. The Morgan fingerprint density at radius 2 is 1.58 bits per heavy atom. The lowest BCUT2D eigenvalue weighted by Gasteiger charge is -2.19. The first-order chi connectivity index (χ1) is 11.7. The average Bonchev–Trinajstić information content (AvgIpc) is 3.26. The van der Waals surface area contributed by atoms with E-state index in [4.69, 9.17) is 45.0 Å². The second-order valence-electron chi connectivity index (χ2n) is 5.19. The zero-order valence-corrected chi connectivity index (χ0v) is 15.7. The molecule has 0 aromatic heterocycles. The number of aliphatic carboxylic acids is 2. The van der Waals surface area contributed by atoms with E-state index in [1.54, 1.807) is 0 Å². The number of amides is 1. The second kappa shape index (κ2) is 15.0. The number of carbonyl (C=O) groups excluding carboxylic acids is 2. The van der Waals surface area contributed by atoms with Crippen LogP contribution < -0.4 is 5.32 Å². The summed E-state index contributed by atoms with van der Waals surface area (Å²) in [5.74, 6) is -2.18. The van der Waals surface area contributed by atoms with Crippen molar-refractivity contribution in [3.8, 4) is 0 Å². The molecule has 2 rings (SSSR count). The number of likely N-dealkylation sites (tertiary alicyclic amines) is 1. The van der Waals surface area contributed by atoms with Gasteiger partial charge in [0.05, 0.1) is 5.88 Å². The smallest absolute Gasteiger partial charge is 0.326 e. The highest BCUT2D eigenvalue weighted by molar-refractivity contribution is 6.67. The lowest BCUT2D eigenvalue weighted by molar-refractivity contribution is -0.147. The van der Waals surface area contributed by atoms with Gasteiger partial charge < -0.3 is 20.4 Å². The Bertz CT molecular complexity index is 472. The minimum absolute atomic E-state index is 0. The SMILES string of the molecule is C.O=C(Cl)CCl.O=C(O)C1CCCN1.O=C(O)C1CCCN1C(=O)CCl. The van der Waals surface area contributed by atoms with Crippen molar-refractivity contribution >= 4 is 57.9 Å². The minimum atomic E-state index is -0.939. The van der Waals surface area contributed by atoms with Gasteiger partial charge >= 0.3 is 11.9 Å². The van der Waals surface area contributed by atoms with Crippen LogP contribution in [0.15, 0.2) is 0 Å². The van der Waals surface area contributed by atoms with Crippen molar-refractivity contribution in [2.24, 2.45) is 0 Å². The maximum atomic E-state index is 11.1. The van der Waals surface area contributed by atoms with Gasteiger partial charge in [-0.2, -0.15) is 0 Å². The molecule has 2 heterocycles. The molecule has 2 fully saturated rings. The number of hydrogen-bond donors (Lipinski definition) is 3. The molecule has 2 aliphatic heterocycles. The lowest BCUT2D eigenvalue weighted by atomic mass is 10.2. The van der Waals surface area contributed by atoms with E-state index < -0.39 is 23.2 Å². The van der Waals surface area contributed by atoms with E-state index in [1.165, 1.54) is 4.90 Å². The molecule has 3 N–H and O–H groups in total. The van der Waals surface area contributed by atoms with Crippen LogP contribution >= 0.6 is 34.8 Å². The summed E-state index contributed by atoms with van der Waals surface area (Å²) in [4.78, 5) is 42.6.